The molecule has 1 aliphatic rings. The van der Waals surface area contributed by atoms with Gasteiger partial charge in [-0.15, -0.1) is 0 Å². The van der Waals surface area contributed by atoms with Crippen LogP contribution < -0.4 is 9.47 Å². The Bertz CT molecular complexity index is 430. The Kier molecular flexibility index (Phi) is 5.30. The van der Waals surface area contributed by atoms with Crippen LogP contribution in [-0.4, -0.2) is 24.4 Å². The first kappa shape index (κ1) is 15.2. The van der Waals surface area contributed by atoms with E-state index >= 15 is 0 Å². The van der Waals surface area contributed by atoms with Crippen molar-refractivity contribution in [2.24, 2.45) is 5.92 Å². The summed E-state index contributed by atoms with van der Waals surface area (Å²) in [6.45, 7) is 4.24. The maximum absolute atomic E-state index is 10.2. The first-order chi connectivity index (χ1) is 9.63. The second-order valence-electron chi connectivity index (χ2n) is 5.85. The largest absolute Gasteiger partial charge is 0.493 e. The van der Waals surface area contributed by atoms with Gasteiger partial charge in [0.05, 0.1) is 13.2 Å². The van der Waals surface area contributed by atoms with Gasteiger partial charge in [0.25, 0.3) is 0 Å². The Morgan fingerprint density at radius 1 is 1.25 bits per heavy atom. The molecule has 0 heterocycles. The van der Waals surface area contributed by atoms with E-state index in [4.69, 9.17) is 9.47 Å². The minimum atomic E-state index is -0.367. The molecule has 1 aromatic rings. The molecule has 2 rings (SSSR count). The van der Waals surface area contributed by atoms with E-state index in [0.717, 1.165) is 36.3 Å². The Balaban J connectivity index is 2.07. The molecule has 3 heteroatoms. The number of benzene rings is 1. The summed E-state index contributed by atoms with van der Waals surface area (Å²) in [6, 6.07) is 5.91. The van der Waals surface area contributed by atoms with Crippen molar-refractivity contribution in [3.8, 4) is 11.5 Å². The number of ether oxygens (including phenoxy) is 2. The summed E-state index contributed by atoms with van der Waals surface area (Å²) in [4.78, 5) is 0. The first-order valence-corrected chi connectivity index (χ1v) is 7.63. The number of aliphatic hydroxyl groups excluding tert-OH is 1. The summed E-state index contributed by atoms with van der Waals surface area (Å²) in [5, 5.41) is 10.2. The number of hydrogen-bond acceptors (Lipinski definition) is 3. The average Bonchev–Trinajstić information content (AvgIpc) is 2.44. The third kappa shape index (κ3) is 3.66. The fourth-order valence-electron chi connectivity index (χ4n) is 3.03. The fourth-order valence-corrected chi connectivity index (χ4v) is 3.03. The molecule has 1 aliphatic carbocycles. The van der Waals surface area contributed by atoms with Gasteiger partial charge in [0.15, 0.2) is 11.5 Å². The highest BCUT2D eigenvalue weighted by atomic mass is 16.5. The summed E-state index contributed by atoms with van der Waals surface area (Å²) in [6.07, 6.45) is 4.82. The molecule has 1 fully saturated rings. The quantitative estimate of drug-likeness (QED) is 0.892. The van der Waals surface area contributed by atoms with Crippen LogP contribution in [0.3, 0.4) is 0 Å². The lowest BCUT2D eigenvalue weighted by Gasteiger charge is -2.33. The number of aliphatic hydroxyl groups is 1. The summed E-state index contributed by atoms with van der Waals surface area (Å²) < 4.78 is 11.4. The van der Waals surface area contributed by atoms with Gasteiger partial charge in [-0.2, -0.15) is 0 Å². The molecule has 0 aromatic heterocycles. The second-order valence-corrected chi connectivity index (χ2v) is 5.85. The molecule has 20 heavy (non-hydrogen) atoms. The van der Waals surface area contributed by atoms with E-state index in [1.54, 1.807) is 7.11 Å². The fraction of sp³-hybridized carbons (Fsp3) is 0.647. The van der Waals surface area contributed by atoms with Crippen LogP contribution in [0.25, 0.3) is 0 Å². The van der Waals surface area contributed by atoms with Crippen molar-refractivity contribution < 1.29 is 14.6 Å². The van der Waals surface area contributed by atoms with Gasteiger partial charge in [0.1, 0.15) is 6.10 Å². The zero-order valence-electron chi connectivity index (χ0n) is 12.8. The number of rotatable bonds is 5. The lowest BCUT2D eigenvalue weighted by atomic mass is 9.83. The van der Waals surface area contributed by atoms with Crippen LogP contribution >= 0.6 is 0 Å². The zero-order chi connectivity index (χ0) is 14.5. The second kappa shape index (κ2) is 6.98. The van der Waals surface area contributed by atoms with Crippen molar-refractivity contribution in [2.45, 2.75) is 58.2 Å². The van der Waals surface area contributed by atoms with E-state index in [-0.39, 0.29) is 12.2 Å². The summed E-state index contributed by atoms with van der Waals surface area (Å²) in [7, 11) is 1.65. The van der Waals surface area contributed by atoms with E-state index in [1.807, 2.05) is 25.1 Å². The van der Waals surface area contributed by atoms with E-state index in [9.17, 15) is 5.11 Å². The Hall–Kier alpha value is -1.22. The van der Waals surface area contributed by atoms with Crippen LogP contribution in [0.5, 0.6) is 11.5 Å². The van der Waals surface area contributed by atoms with E-state index in [1.165, 1.54) is 12.8 Å². The maximum atomic E-state index is 10.2. The monoisotopic (exact) mass is 278 g/mol. The van der Waals surface area contributed by atoms with Crippen LogP contribution in [-0.2, 0) is 0 Å². The van der Waals surface area contributed by atoms with E-state index in [2.05, 4.69) is 6.92 Å². The van der Waals surface area contributed by atoms with Crippen LogP contribution in [0.2, 0.25) is 0 Å². The minimum absolute atomic E-state index is 0.114. The van der Waals surface area contributed by atoms with Crippen LogP contribution in [0.4, 0.5) is 0 Å². The molecule has 1 aromatic carbocycles. The highest BCUT2D eigenvalue weighted by Gasteiger charge is 2.30. The number of methoxy groups -OCH3 is 1. The molecule has 0 radical (unpaired) electrons. The predicted octanol–water partition coefficient (Wildman–Crippen LogP) is 3.71. The molecule has 0 aliphatic heterocycles. The Morgan fingerprint density at radius 2 is 2.05 bits per heavy atom. The van der Waals surface area contributed by atoms with Gasteiger partial charge in [-0.1, -0.05) is 25.8 Å². The molecule has 0 amide bonds. The van der Waals surface area contributed by atoms with Crippen LogP contribution in [0, 0.1) is 12.8 Å². The molecule has 1 saturated carbocycles. The number of aryl methyl sites for hydroxylation is 1. The topological polar surface area (TPSA) is 38.7 Å². The molecule has 3 nitrogen and oxygen atoms in total. The zero-order valence-corrected chi connectivity index (χ0v) is 12.8. The van der Waals surface area contributed by atoms with Gasteiger partial charge in [0, 0.05) is 0 Å². The van der Waals surface area contributed by atoms with Gasteiger partial charge in [-0.05, 0) is 49.8 Å². The lowest BCUT2D eigenvalue weighted by molar-refractivity contribution is -0.0127. The van der Waals surface area contributed by atoms with Crippen molar-refractivity contribution in [3.63, 3.8) is 0 Å². The van der Waals surface area contributed by atoms with E-state index < -0.39 is 0 Å². The lowest BCUT2D eigenvalue weighted by Crippen LogP contribution is -2.38. The normalized spacial score (nSPS) is 26.3. The van der Waals surface area contributed by atoms with Gasteiger partial charge in [-0.25, -0.2) is 0 Å². The third-order valence-corrected chi connectivity index (χ3v) is 4.16. The molecule has 0 bridgehead atoms. The SMILES string of the molecule is CCCC1CCC(O)C(Oc2ccc(C)cc2OC)C1. The molecule has 0 saturated heterocycles. The van der Waals surface area contributed by atoms with Gasteiger partial charge in [0.2, 0.25) is 0 Å². The standard InChI is InChI=1S/C17H26O3/c1-4-5-13-7-8-14(18)16(11-13)20-15-9-6-12(2)10-17(15)19-3/h6,9-10,13-14,16,18H,4-5,7-8,11H2,1-3H3. The maximum Gasteiger partial charge on any atom is 0.161 e. The third-order valence-electron chi connectivity index (χ3n) is 4.16. The van der Waals surface area contributed by atoms with Gasteiger partial charge in [-0.3, -0.25) is 0 Å². The van der Waals surface area contributed by atoms with Crippen molar-refractivity contribution in [3.05, 3.63) is 23.8 Å². The first-order valence-electron chi connectivity index (χ1n) is 7.63. The molecular formula is C17H26O3. The number of hydrogen-bond donors (Lipinski definition) is 1. The summed E-state index contributed by atoms with van der Waals surface area (Å²) in [5.74, 6) is 2.15. The van der Waals surface area contributed by atoms with Crippen molar-refractivity contribution in [1.29, 1.82) is 0 Å². The summed E-state index contributed by atoms with van der Waals surface area (Å²) >= 11 is 0. The molecule has 112 valence electrons. The molecule has 1 N–H and O–H groups in total. The summed E-state index contributed by atoms with van der Waals surface area (Å²) in [5.41, 5.74) is 1.14. The minimum Gasteiger partial charge on any atom is -0.493 e. The van der Waals surface area contributed by atoms with Gasteiger partial charge >= 0.3 is 0 Å². The molecule has 3 unspecified atom stereocenters. The van der Waals surface area contributed by atoms with E-state index in [0.29, 0.717) is 5.92 Å². The highest BCUT2D eigenvalue weighted by Crippen LogP contribution is 2.34. The predicted molar refractivity (Wildman–Crippen MR) is 80.4 cm³/mol. The van der Waals surface area contributed by atoms with Crippen molar-refractivity contribution in [2.75, 3.05) is 7.11 Å². The molecule has 0 spiro atoms. The van der Waals surface area contributed by atoms with Gasteiger partial charge < -0.3 is 14.6 Å². The highest BCUT2D eigenvalue weighted by molar-refractivity contribution is 5.42. The smallest absolute Gasteiger partial charge is 0.161 e. The Morgan fingerprint density at radius 3 is 2.75 bits per heavy atom. The molecular weight excluding hydrogens is 252 g/mol. The Labute approximate surface area is 121 Å². The van der Waals surface area contributed by atoms with Crippen LogP contribution in [0.1, 0.15) is 44.6 Å². The molecule has 3 atom stereocenters. The average molecular weight is 278 g/mol. The van der Waals surface area contributed by atoms with Crippen molar-refractivity contribution >= 4 is 0 Å². The van der Waals surface area contributed by atoms with Crippen molar-refractivity contribution in [1.82, 2.24) is 0 Å². The van der Waals surface area contributed by atoms with Crippen LogP contribution in [0.15, 0.2) is 18.2 Å².